The quantitative estimate of drug-likeness (QED) is 0.354. The van der Waals surface area contributed by atoms with Crippen LogP contribution in [0.5, 0.6) is 0 Å². The smallest absolute Gasteiger partial charge is 0.134 e. The molecule has 3 nitrogen and oxygen atoms in total. The number of halogens is 1. The molecule has 0 saturated heterocycles. The van der Waals surface area contributed by atoms with Crippen LogP contribution in [-0.2, 0) is 9.47 Å². The maximum absolute atomic E-state index is 5.43. The average molecular weight is 270 g/mol. The van der Waals surface area contributed by atoms with Gasteiger partial charge in [0.05, 0.1) is 9.52 Å². The van der Waals surface area contributed by atoms with Gasteiger partial charge in [-0.05, 0) is 13.0 Å². The topological polar surface area (TPSA) is 44.5 Å². The maximum atomic E-state index is 5.43. The first-order valence-electron chi connectivity index (χ1n) is 6.10. The molecule has 0 aliphatic rings. The minimum absolute atomic E-state index is 0. The van der Waals surface area contributed by atoms with Crippen molar-refractivity contribution in [3.8, 4) is 0 Å². The van der Waals surface area contributed by atoms with Crippen LogP contribution in [0, 0.1) is 0 Å². The molecule has 2 N–H and O–H groups in total. The summed E-state index contributed by atoms with van der Waals surface area (Å²) >= 11 is 0. The van der Waals surface area contributed by atoms with E-state index in [-0.39, 0.29) is 27.8 Å². The van der Waals surface area contributed by atoms with E-state index in [0.717, 1.165) is 6.54 Å². The molecule has 0 aromatic heterocycles. The summed E-state index contributed by atoms with van der Waals surface area (Å²) < 4.78 is 10.4. The third kappa shape index (κ3) is 12.5. The average Bonchev–Trinajstić information content (AvgIpc) is 2.27. The normalized spacial score (nSPS) is 11.2. The summed E-state index contributed by atoms with van der Waals surface area (Å²) in [5, 5.41) is 0. The molecule has 0 heterocycles. The van der Waals surface area contributed by atoms with Crippen LogP contribution in [0.25, 0.3) is 0 Å². The van der Waals surface area contributed by atoms with Crippen molar-refractivity contribution in [1.82, 2.24) is 0 Å². The van der Waals surface area contributed by atoms with Crippen LogP contribution in [0.1, 0.15) is 38.5 Å². The van der Waals surface area contributed by atoms with Gasteiger partial charge >= 0.3 is 0 Å². The van der Waals surface area contributed by atoms with Gasteiger partial charge in [-0.15, -0.1) is 12.4 Å². The van der Waals surface area contributed by atoms with E-state index in [9.17, 15) is 0 Å². The van der Waals surface area contributed by atoms with Gasteiger partial charge < -0.3 is 15.2 Å². The van der Waals surface area contributed by atoms with Gasteiger partial charge in [0.2, 0.25) is 0 Å². The summed E-state index contributed by atoms with van der Waals surface area (Å²) in [6.07, 6.45) is 7.89. The predicted molar refractivity (Wildman–Crippen MR) is 75.2 cm³/mol. The van der Waals surface area contributed by atoms with E-state index in [1.807, 2.05) is 0 Å². The molecule has 0 aliphatic heterocycles. The van der Waals surface area contributed by atoms with Gasteiger partial charge in [0, 0.05) is 14.2 Å². The van der Waals surface area contributed by atoms with E-state index < -0.39 is 0 Å². The van der Waals surface area contributed by atoms with Crippen LogP contribution >= 0.6 is 12.4 Å². The second kappa shape index (κ2) is 15.4. The van der Waals surface area contributed by atoms with Crippen molar-refractivity contribution in [1.29, 1.82) is 0 Å². The zero-order valence-corrected chi connectivity index (χ0v) is 13.0. The lowest BCUT2D eigenvalue weighted by atomic mass is 10.1. The summed E-state index contributed by atoms with van der Waals surface area (Å²) in [4.78, 5) is 0. The Morgan fingerprint density at radius 3 is 1.94 bits per heavy atom. The van der Waals surface area contributed by atoms with Crippen LogP contribution in [0.15, 0.2) is 0 Å². The second-order valence-corrected chi connectivity index (χ2v) is 5.90. The molecule has 0 fully saturated rings. The highest BCUT2D eigenvalue weighted by molar-refractivity contribution is 6.36. The third-order valence-electron chi connectivity index (χ3n) is 2.67. The van der Waals surface area contributed by atoms with Gasteiger partial charge in [-0.25, -0.2) is 0 Å². The molecule has 0 aromatic carbocycles. The highest BCUT2D eigenvalue weighted by atomic mass is 35.5. The van der Waals surface area contributed by atoms with E-state index in [0.29, 0.717) is 0 Å². The first kappa shape index (κ1) is 18.7. The Hall–Kier alpha value is 0.387. The molecule has 0 unspecified atom stereocenters. The minimum atomic E-state index is -0.183. The first-order valence-corrected chi connectivity index (χ1v) is 7.92. The Bertz CT molecular complexity index is 127. The molecule has 5 heteroatoms. The zero-order valence-electron chi connectivity index (χ0n) is 10.7. The largest absolute Gasteiger partial charge is 0.360 e. The fourth-order valence-electron chi connectivity index (χ4n) is 1.67. The van der Waals surface area contributed by atoms with E-state index in [2.05, 4.69) is 0 Å². The Balaban J connectivity index is 0. The lowest BCUT2D eigenvalue weighted by Crippen LogP contribution is -2.20. The van der Waals surface area contributed by atoms with Crippen LogP contribution in [-0.4, -0.2) is 36.2 Å². The molecule has 0 bridgehead atoms. The standard InChI is InChI=1S/C11H27NO2Si.ClH/c1-13-11(14-2)15-10-8-6-4-3-5-7-9-12;/h11H,3-10,12,15H2,1-2H3;1H. The van der Waals surface area contributed by atoms with E-state index in [1.165, 1.54) is 44.6 Å². The van der Waals surface area contributed by atoms with Crippen LogP contribution < -0.4 is 5.73 Å². The highest BCUT2D eigenvalue weighted by Crippen LogP contribution is 2.07. The maximum Gasteiger partial charge on any atom is 0.134 e. The van der Waals surface area contributed by atoms with E-state index in [1.54, 1.807) is 14.2 Å². The number of rotatable bonds is 11. The fourth-order valence-corrected chi connectivity index (χ4v) is 3.12. The van der Waals surface area contributed by atoms with Gasteiger partial charge in [-0.1, -0.05) is 38.1 Å². The summed E-state index contributed by atoms with van der Waals surface area (Å²) in [6, 6.07) is 1.34. The minimum Gasteiger partial charge on any atom is -0.360 e. The number of unbranched alkanes of at least 4 members (excludes halogenated alkanes) is 5. The molecule has 0 radical (unpaired) electrons. The predicted octanol–water partition coefficient (Wildman–Crippen LogP) is 1.87. The van der Waals surface area contributed by atoms with Crippen LogP contribution in [0.3, 0.4) is 0 Å². The molecule has 0 spiro atoms. The van der Waals surface area contributed by atoms with E-state index >= 15 is 0 Å². The number of hydrogen-bond donors (Lipinski definition) is 1. The van der Waals surface area contributed by atoms with Gasteiger partial charge in [0.15, 0.2) is 0 Å². The molecule has 16 heavy (non-hydrogen) atoms. The van der Waals surface area contributed by atoms with Crippen molar-refractivity contribution >= 4 is 21.9 Å². The van der Waals surface area contributed by atoms with Gasteiger partial charge in [-0.3, -0.25) is 0 Å². The molecule has 0 atom stereocenters. The zero-order chi connectivity index (χ0) is 11.4. The summed E-state index contributed by atoms with van der Waals surface area (Å²) in [6.45, 7) is 0.844. The van der Waals surface area contributed by atoms with Crippen LogP contribution in [0.2, 0.25) is 6.04 Å². The molecule has 0 amide bonds. The Morgan fingerprint density at radius 1 is 0.938 bits per heavy atom. The van der Waals surface area contributed by atoms with Crippen molar-refractivity contribution in [3.63, 3.8) is 0 Å². The number of ether oxygens (including phenoxy) is 2. The Morgan fingerprint density at radius 2 is 1.44 bits per heavy atom. The SMILES string of the molecule is COC(OC)[SiH2]CCCCCCCCN.Cl. The highest BCUT2D eigenvalue weighted by Gasteiger charge is 2.04. The molecule has 0 aromatic rings. The fraction of sp³-hybridized carbons (Fsp3) is 1.00. The monoisotopic (exact) mass is 269 g/mol. The summed E-state index contributed by atoms with van der Waals surface area (Å²) in [5.74, 6) is 0.127. The lowest BCUT2D eigenvalue weighted by Gasteiger charge is -2.12. The van der Waals surface area contributed by atoms with Crippen molar-refractivity contribution in [2.24, 2.45) is 5.73 Å². The molecule has 0 saturated carbocycles. The summed E-state index contributed by atoms with van der Waals surface area (Å²) in [5.41, 5.74) is 5.43. The molecule has 100 valence electrons. The van der Waals surface area contributed by atoms with Crippen molar-refractivity contribution < 1.29 is 9.47 Å². The number of methoxy groups -OCH3 is 2. The van der Waals surface area contributed by atoms with E-state index in [4.69, 9.17) is 15.2 Å². The van der Waals surface area contributed by atoms with Crippen molar-refractivity contribution in [3.05, 3.63) is 0 Å². The Kier molecular flexibility index (Phi) is 18.0. The summed E-state index contributed by atoms with van der Waals surface area (Å²) in [7, 11) is 3.28. The molecule has 0 rings (SSSR count). The molecular weight excluding hydrogens is 242 g/mol. The third-order valence-corrected chi connectivity index (χ3v) is 4.72. The Labute approximate surface area is 109 Å². The van der Waals surface area contributed by atoms with Crippen molar-refractivity contribution in [2.75, 3.05) is 20.8 Å². The van der Waals surface area contributed by atoms with Gasteiger partial charge in [-0.2, -0.15) is 0 Å². The second-order valence-electron chi connectivity index (χ2n) is 3.95. The number of nitrogens with two attached hydrogens (primary N) is 1. The van der Waals surface area contributed by atoms with Gasteiger partial charge in [0.1, 0.15) is 5.91 Å². The first-order chi connectivity index (χ1) is 7.35. The van der Waals surface area contributed by atoms with Crippen molar-refractivity contribution in [2.45, 2.75) is 50.5 Å². The van der Waals surface area contributed by atoms with Crippen LogP contribution in [0.4, 0.5) is 0 Å². The molecule has 0 aliphatic carbocycles. The number of hydrogen-bond acceptors (Lipinski definition) is 3. The lowest BCUT2D eigenvalue weighted by molar-refractivity contribution is -0.0441. The van der Waals surface area contributed by atoms with Gasteiger partial charge in [0.25, 0.3) is 0 Å². The molecular formula is C11H28ClNO2Si.